The van der Waals surface area contributed by atoms with E-state index in [1.165, 1.54) is 50.3 Å². The molecule has 14 heavy (non-hydrogen) atoms. The predicted molar refractivity (Wildman–Crippen MR) is 67.2 cm³/mol. The molecule has 0 aromatic heterocycles. The van der Waals surface area contributed by atoms with Gasteiger partial charge >= 0.3 is 0 Å². The lowest BCUT2D eigenvalue weighted by Gasteiger charge is -2.60. The van der Waals surface area contributed by atoms with Gasteiger partial charge in [0.05, 0.1) is 0 Å². The average Bonchev–Trinajstić information content (AvgIpc) is 1.97. The first-order chi connectivity index (χ1) is 6.63. The number of rotatable bonds is 2. The first kappa shape index (κ1) is 10.1. The van der Waals surface area contributed by atoms with Gasteiger partial charge in [-0.15, -0.1) is 0 Å². The second-order valence-corrected chi connectivity index (χ2v) is 8.53. The Morgan fingerprint density at radius 3 is 2.21 bits per heavy atom. The van der Waals surface area contributed by atoms with Crippen molar-refractivity contribution >= 4 is 31.9 Å². The van der Waals surface area contributed by atoms with Crippen molar-refractivity contribution in [3.63, 3.8) is 0 Å². The van der Waals surface area contributed by atoms with Gasteiger partial charge in [0.1, 0.15) is 0 Å². The van der Waals surface area contributed by atoms with Gasteiger partial charge in [-0.2, -0.15) is 0 Å². The van der Waals surface area contributed by atoms with E-state index in [1.54, 1.807) is 0 Å². The van der Waals surface area contributed by atoms with Gasteiger partial charge in [0, 0.05) is 9.65 Å². The molecule has 0 heterocycles. The van der Waals surface area contributed by atoms with Gasteiger partial charge in [0.2, 0.25) is 0 Å². The molecule has 0 aromatic carbocycles. The summed E-state index contributed by atoms with van der Waals surface area (Å²) in [5.74, 6) is 2.10. The SMILES string of the molecule is BrCCC12C[C@H]3C[C@@H](CC(Br)(C3)C1)C2. The van der Waals surface area contributed by atoms with Crippen molar-refractivity contribution in [1.82, 2.24) is 0 Å². The zero-order valence-electron chi connectivity index (χ0n) is 8.57. The van der Waals surface area contributed by atoms with Gasteiger partial charge < -0.3 is 0 Å². The predicted octanol–water partition coefficient (Wildman–Crippen LogP) is 4.51. The Kier molecular flexibility index (Phi) is 2.34. The molecule has 80 valence electrons. The highest BCUT2D eigenvalue weighted by molar-refractivity contribution is 9.10. The Morgan fingerprint density at radius 2 is 1.71 bits per heavy atom. The van der Waals surface area contributed by atoms with E-state index in [0.29, 0.717) is 4.32 Å². The van der Waals surface area contributed by atoms with E-state index < -0.39 is 0 Å². The van der Waals surface area contributed by atoms with E-state index >= 15 is 0 Å². The van der Waals surface area contributed by atoms with Crippen LogP contribution in [-0.2, 0) is 0 Å². The highest BCUT2D eigenvalue weighted by Crippen LogP contribution is 2.65. The zero-order valence-corrected chi connectivity index (χ0v) is 11.7. The van der Waals surface area contributed by atoms with Crippen molar-refractivity contribution in [2.75, 3.05) is 5.33 Å². The molecule has 4 bridgehead atoms. The van der Waals surface area contributed by atoms with Crippen LogP contribution in [0, 0.1) is 17.3 Å². The average molecular weight is 322 g/mol. The third-order valence-electron chi connectivity index (χ3n) is 4.74. The topological polar surface area (TPSA) is 0 Å². The Hall–Kier alpha value is 0.960. The molecular weight excluding hydrogens is 304 g/mol. The third kappa shape index (κ3) is 1.52. The van der Waals surface area contributed by atoms with E-state index in [4.69, 9.17) is 0 Å². The highest BCUT2D eigenvalue weighted by atomic mass is 79.9. The molecule has 4 fully saturated rings. The molecule has 4 rings (SSSR count). The lowest BCUT2D eigenvalue weighted by Crippen LogP contribution is -2.52. The standard InChI is InChI=1S/C12H18Br2/c13-2-1-11-4-9-3-10(5-11)7-12(14,6-9)8-11/h9-10H,1-8H2/t9-,10-,11?,12?/m1/s1. The van der Waals surface area contributed by atoms with Gasteiger partial charge in [-0.25, -0.2) is 0 Å². The van der Waals surface area contributed by atoms with Gasteiger partial charge in [-0.1, -0.05) is 31.9 Å². The molecule has 0 N–H and O–H groups in total. The molecule has 0 aliphatic heterocycles. The van der Waals surface area contributed by atoms with Crippen LogP contribution in [-0.4, -0.2) is 9.65 Å². The number of hydrogen-bond donors (Lipinski definition) is 0. The van der Waals surface area contributed by atoms with Crippen LogP contribution >= 0.6 is 31.9 Å². The van der Waals surface area contributed by atoms with Crippen molar-refractivity contribution in [2.45, 2.75) is 49.3 Å². The quantitative estimate of drug-likeness (QED) is 0.657. The van der Waals surface area contributed by atoms with Crippen LogP contribution in [0.5, 0.6) is 0 Å². The van der Waals surface area contributed by atoms with E-state index in [9.17, 15) is 0 Å². The number of hydrogen-bond acceptors (Lipinski definition) is 0. The summed E-state index contributed by atoms with van der Waals surface area (Å²) in [4.78, 5) is 0. The summed E-state index contributed by atoms with van der Waals surface area (Å²) in [6, 6.07) is 0. The summed E-state index contributed by atoms with van der Waals surface area (Å²) in [6.45, 7) is 0. The largest absolute Gasteiger partial charge is 0.0928 e. The maximum absolute atomic E-state index is 4.05. The second-order valence-electron chi connectivity index (χ2n) is 6.05. The lowest BCUT2D eigenvalue weighted by atomic mass is 9.49. The van der Waals surface area contributed by atoms with E-state index in [0.717, 1.165) is 17.3 Å². The maximum atomic E-state index is 4.05. The smallest absolute Gasteiger partial charge is 0.0268 e. The summed E-state index contributed by atoms with van der Waals surface area (Å²) in [7, 11) is 0. The van der Waals surface area contributed by atoms with Crippen molar-refractivity contribution in [3.05, 3.63) is 0 Å². The van der Waals surface area contributed by atoms with Crippen molar-refractivity contribution in [2.24, 2.45) is 17.3 Å². The second kappa shape index (κ2) is 3.23. The molecule has 2 heteroatoms. The summed E-state index contributed by atoms with van der Waals surface area (Å²) in [6.07, 6.45) is 10.4. The molecule has 0 aromatic rings. The van der Waals surface area contributed by atoms with E-state index in [-0.39, 0.29) is 0 Å². The molecule has 4 aliphatic carbocycles. The molecule has 4 aliphatic rings. The molecule has 0 unspecified atom stereocenters. The van der Waals surface area contributed by atoms with Crippen LogP contribution in [0.3, 0.4) is 0 Å². The summed E-state index contributed by atoms with van der Waals surface area (Å²) in [5.41, 5.74) is 0.719. The fourth-order valence-electron chi connectivity index (χ4n) is 4.83. The highest BCUT2D eigenvalue weighted by Gasteiger charge is 2.56. The number of halogens is 2. The normalized spacial score (nSPS) is 55.3. The molecule has 0 spiro atoms. The summed E-state index contributed by atoms with van der Waals surface area (Å²) < 4.78 is 0.555. The van der Waals surface area contributed by atoms with E-state index in [2.05, 4.69) is 31.9 Å². The van der Waals surface area contributed by atoms with Crippen molar-refractivity contribution in [1.29, 1.82) is 0 Å². The van der Waals surface area contributed by atoms with Crippen molar-refractivity contribution < 1.29 is 0 Å². The van der Waals surface area contributed by atoms with Crippen LogP contribution < -0.4 is 0 Å². The van der Waals surface area contributed by atoms with Gasteiger partial charge in [-0.3, -0.25) is 0 Å². The van der Waals surface area contributed by atoms with Crippen LogP contribution in [0.1, 0.15) is 44.9 Å². The minimum atomic E-state index is 0.555. The molecule has 0 amide bonds. The molecule has 0 nitrogen and oxygen atoms in total. The van der Waals surface area contributed by atoms with Gasteiger partial charge in [0.25, 0.3) is 0 Å². The zero-order chi connectivity index (χ0) is 9.81. The van der Waals surface area contributed by atoms with Gasteiger partial charge in [0.15, 0.2) is 0 Å². The minimum Gasteiger partial charge on any atom is -0.0928 e. The Morgan fingerprint density at radius 1 is 1.07 bits per heavy atom. The molecule has 2 atom stereocenters. The van der Waals surface area contributed by atoms with E-state index in [1.807, 2.05) is 0 Å². The molecule has 4 saturated carbocycles. The van der Waals surface area contributed by atoms with Gasteiger partial charge in [-0.05, 0) is 62.2 Å². The first-order valence-corrected chi connectivity index (χ1v) is 7.80. The maximum Gasteiger partial charge on any atom is 0.0268 e. The fourth-order valence-corrected chi connectivity index (χ4v) is 7.18. The van der Waals surface area contributed by atoms with Crippen LogP contribution in [0.4, 0.5) is 0 Å². The van der Waals surface area contributed by atoms with Crippen LogP contribution in [0.15, 0.2) is 0 Å². The first-order valence-electron chi connectivity index (χ1n) is 5.88. The molecule has 0 saturated heterocycles. The molecular formula is C12H18Br2. The summed E-state index contributed by atoms with van der Waals surface area (Å²) >= 11 is 7.69. The monoisotopic (exact) mass is 320 g/mol. The Labute approximate surface area is 103 Å². The Bertz CT molecular complexity index is 235. The summed E-state index contributed by atoms with van der Waals surface area (Å²) in [5, 5.41) is 1.20. The van der Waals surface area contributed by atoms with Crippen molar-refractivity contribution in [3.8, 4) is 0 Å². The fraction of sp³-hybridized carbons (Fsp3) is 1.00. The lowest BCUT2D eigenvalue weighted by molar-refractivity contribution is -0.0361. The molecule has 0 radical (unpaired) electrons. The van der Waals surface area contributed by atoms with Crippen LogP contribution in [0.25, 0.3) is 0 Å². The minimum absolute atomic E-state index is 0.555. The Balaban J connectivity index is 1.89. The number of alkyl halides is 2. The third-order valence-corrected chi connectivity index (χ3v) is 6.06. The van der Waals surface area contributed by atoms with Crippen LogP contribution in [0.2, 0.25) is 0 Å².